The minimum absolute atomic E-state index is 0.00719. The molecule has 7 heteroatoms. The summed E-state index contributed by atoms with van der Waals surface area (Å²) in [5, 5.41) is 5.30. The molecule has 3 aromatic carbocycles. The number of carbonyl (C=O) groups excluding carboxylic acids is 1. The van der Waals surface area contributed by atoms with E-state index in [1.807, 2.05) is 65.4 Å². The van der Waals surface area contributed by atoms with Crippen molar-refractivity contribution in [3.05, 3.63) is 112 Å². The van der Waals surface area contributed by atoms with E-state index in [0.29, 0.717) is 21.8 Å². The highest BCUT2D eigenvalue weighted by Gasteiger charge is 2.13. The molecule has 0 aliphatic carbocycles. The molecule has 0 aliphatic heterocycles. The number of nitrogens with one attached hydrogen (secondary N) is 1. The van der Waals surface area contributed by atoms with Crippen LogP contribution in [0, 0.1) is 19.7 Å². The summed E-state index contributed by atoms with van der Waals surface area (Å²) < 4.78 is 17.1. The standard InChI is InChI=1S/C28H23FN4O2/c1-18-15-20(19(2)33(18)22-13-11-21(29)12-14-22)16-30-31-27(34)17-32-25-9-5-3-7-23(25)28(35)24-8-4-6-10-26(24)32/h3-16H,17H2,1-2H3,(H,31,34)/b30-16-. The SMILES string of the molecule is Cc1cc(/C=N\NC(=O)Cn2c3ccccc3c(=O)c3ccccc32)c(C)n1-c1ccc(F)cc1. The highest BCUT2D eigenvalue weighted by atomic mass is 19.1. The number of benzene rings is 3. The quantitative estimate of drug-likeness (QED) is 0.229. The number of rotatable bonds is 5. The van der Waals surface area contributed by atoms with E-state index in [-0.39, 0.29) is 23.7 Å². The Hall–Kier alpha value is -4.52. The van der Waals surface area contributed by atoms with Crippen LogP contribution in [0.15, 0.2) is 88.8 Å². The molecule has 35 heavy (non-hydrogen) atoms. The molecular weight excluding hydrogens is 443 g/mol. The molecule has 0 saturated carbocycles. The molecule has 1 amide bonds. The van der Waals surface area contributed by atoms with E-state index in [1.54, 1.807) is 30.5 Å². The summed E-state index contributed by atoms with van der Waals surface area (Å²) in [6, 6.07) is 22.8. The maximum absolute atomic E-state index is 13.3. The molecule has 0 aliphatic rings. The van der Waals surface area contributed by atoms with Crippen LogP contribution in [0.2, 0.25) is 0 Å². The van der Waals surface area contributed by atoms with Crippen LogP contribution in [0.1, 0.15) is 17.0 Å². The molecule has 0 saturated heterocycles. The highest BCUT2D eigenvalue weighted by molar-refractivity contribution is 5.95. The molecule has 5 aromatic rings. The first-order valence-corrected chi connectivity index (χ1v) is 11.2. The number of aryl methyl sites for hydroxylation is 1. The Morgan fingerprint density at radius 3 is 2.17 bits per heavy atom. The Morgan fingerprint density at radius 1 is 0.943 bits per heavy atom. The van der Waals surface area contributed by atoms with E-state index in [2.05, 4.69) is 10.5 Å². The smallest absolute Gasteiger partial charge is 0.260 e. The Balaban J connectivity index is 1.40. The molecule has 5 rings (SSSR count). The van der Waals surface area contributed by atoms with Gasteiger partial charge in [-0.15, -0.1) is 0 Å². The normalized spacial score (nSPS) is 11.5. The number of amides is 1. The summed E-state index contributed by atoms with van der Waals surface area (Å²) in [5.41, 5.74) is 7.51. The number of carbonyl (C=O) groups is 1. The predicted molar refractivity (Wildman–Crippen MR) is 137 cm³/mol. The third-order valence-electron chi connectivity index (χ3n) is 6.13. The summed E-state index contributed by atoms with van der Waals surface area (Å²) >= 11 is 0. The van der Waals surface area contributed by atoms with Gasteiger partial charge in [-0.2, -0.15) is 5.10 Å². The van der Waals surface area contributed by atoms with E-state index < -0.39 is 0 Å². The van der Waals surface area contributed by atoms with Crippen molar-refractivity contribution in [3.63, 3.8) is 0 Å². The summed E-state index contributed by atoms with van der Waals surface area (Å²) in [7, 11) is 0. The van der Waals surface area contributed by atoms with Gasteiger partial charge < -0.3 is 9.13 Å². The van der Waals surface area contributed by atoms with Crippen molar-refractivity contribution < 1.29 is 9.18 Å². The molecule has 0 atom stereocenters. The number of fused-ring (bicyclic) bond motifs is 2. The Kier molecular flexibility index (Phi) is 5.74. The maximum atomic E-state index is 13.3. The Bertz CT molecular complexity index is 1600. The lowest BCUT2D eigenvalue weighted by Crippen LogP contribution is -2.25. The minimum Gasteiger partial charge on any atom is -0.331 e. The fourth-order valence-electron chi connectivity index (χ4n) is 4.51. The molecule has 0 spiro atoms. The second-order valence-corrected chi connectivity index (χ2v) is 8.38. The predicted octanol–water partition coefficient (Wildman–Crippen LogP) is 4.85. The third-order valence-corrected chi connectivity index (χ3v) is 6.13. The van der Waals surface area contributed by atoms with E-state index in [1.165, 1.54) is 12.1 Å². The van der Waals surface area contributed by atoms with E-state index in [4.69, 9.17) is 0 Å². The van der Waals surface area contributed by atoms with Crippen LogP contribution >= 0.6 is 0 Å². The maximum Gasteiger partial charge on any atom is 0.260 e. The first-order chi connectivity index (χ1) is 16.9. The van der Waals surface area contributed by atoms with E-state index >= 15 is 0 Å². The van der Waals surface area contributed by atoms with Crippen molar-refractivity contribution in [3.8, 4) is 5.69 Å². The van der Waals surface area contributed by atoms with Crippen LogP contribution in [0.5, 0.6) is 0 Å². The van der Waals surface area contributed by atoms with Gasteiger partial charge in [0.05, 0.1) is 17.2 Å². The van der Waals surface area contributed by atoms with Gasteiger partial charge in [0, 0.05) is 33.4 Å². The number of para-hydroxylation sites is 2. The van der Waals surface area contributed by atoms with Gasteiger partial charge >= 0.3 is 0 Å². The lowest BCUT2D eigenvalue weighted by Gasteiger charge is -2.14. The van der Waals surface area contributed by atoms with Gasteiger partial charge in [-0.25, -0.2) is 9.82 Å². The second-order valence-electron chi connectivity index (χ2n) is 8.38. The van der Waals surface area contributed by atoms with Crippen LogP contribution in [-0.4, -0.2) is 21.3 Å². The number of pyridine rings is 1. The number of hydrogen-bond acceptors (Lipinski definition) is 3. The number of halogens is 1. The summed E-state index contributed by atoms with van der Waals surface area (Å²) in [5.74, 6) is -0.600. The monoisotopic (exact) mass is 466 g/mol. The zero-order valence-corrected chi connectivity index (χ0v) is 19.3. The molecule has 1 N–H and O–H groups in total. The molecule has 0 bridgehead atoms. The number of hydrazone groups is 1. The first kappa shape index (κ1) is 22.3. The minimum atomic E-state index is -0.312. The molecule has 2 aromatic heterocycles. The van der Waals surface area contributed by atoms with Gasteiger partial charge in [-0.3, -0.25) is 9.59 Å². The van der Waals surface area contributed by atoms with Crippen LogP contribution in [-0.2, 0) is 11.3 Å². The van der Waals surface area contributed by atoms with Gasteiger partial charge in [0.25, 0.3) is 5.91 Å². The molecular formula is C28H23FN4O2. The Morgan fingerprint density at radius 2 is 1.54 bits per heavy atom. The highest BCUT2D eigenvalue weighted by Crippen LogP contribution is 2.21. The second kappa shape index (κ2) is 9.02. The largest absolute Gasteiger partial charge is 0.331 e. The molecule has 0 radical (unpaired) electrons. The van der Waals surface area contributed by atoms with Crippen molar-refractivity contribution >= 4 is 33.9 Å². The van der Waals surface area contributed by atoms with Gasteiger partial charge in [0.2, 0.25) is 0 Å². The Labute approximate surface area is 200 Å². The lowest BCUT2D eigenvalue weighted by molar-refractivity contribution is -0.121. The number of nitrogens with zero attached hydrogens (tertiary/aromatic N) is 3. The molecule has 0 unspecified atom stereocenters. The van der Waals surface area contributed by atoms with E-state index in [9.17, 15) is 14.0 Å². The van der Waals surface area contributed by atoms with Crippen LogP contribution in [0.3, 0.4) is 0 Å². The fourth-order valence-corrected chi connectivity index (χ4v) is 4.51. The average Bonchev–Trinajstić information content (AvgIpc) is 3.15. The topological polar surface area (TPSA) is 68.4 Å². The van der Waals surface area contributed by atoms with Gasteiger partial charge in [-0.05, 0) is 68.4 Å². The molecule has 2 heterocycles. The van der Waals surface area contributed by atoms with Crippen molar-refractivity contribution in [1.82, 2.24) is 14.6 Å². The van der Waals surface area contributed by atoms with Gasteiger partial charge in [0.1, 0.15) is 12.4 Å². The fraction of sp³-hybridized carbons (Fsp3) is 0.107. The zero-order chi connectivity index (χ0) is 24.5. The van der Waals surface area contributed by atoms with Crippen molar-refractivity contribution in [1.29, 1.82) is 0 Å². The van der Waals surface area contributed by atoms with E-state index in [0.717, 1.165) is 22.6 Å². The molecule has 0 fully saturated rings. The molecule has 174 valence electrons. The number of aromatic nitrogens is 2. The first-order valence-electron chi connectivity index (χ1n) is 11.2. The van der Waals surface area contributed by atoms with Crippen LogP contribution in [0.4, 0.5) is 4.39 Å². The average molecular weight is 467 g/mol. The van der Waals surface area contributed by atoms with Crippen molar-refractivity contribution in [2.24, 2.45) is 5.10 Å². The lowest BCUT2D eigenvalue weighted by atomic mass is 10.1. The summed E-state index contributed by atoms with van der Waals surface area (Å²) in [6.45, 7) is 3.91. The summed E-state index contributed by atoms with van der Waals surface area (Å²) in [6.07, 6.45) is 1.60. The summed E-state index contributed by atoms with van der Waals surface area (Å²) in [4.78, 5) is 25.7. The van der Waals surface area contributed by atoms with Crippen LogP contribution < -0.4 is 10.9 Å². The van der Waals surface area contributed by atoms with Crippen LogP contribution in [0.25, 0.3) is 27.5 Å². The third kappa shape index (κ3) is 4.12. The zero-order valence-electron chi connectivity index (χ0n) is 19.3. The van der Waals surface area contributed by atoms with Crippen molar-refractivity contribution in [2.75, 3.05) is 0 Å². The molecule has 6 nitrogen and oxygen atoms in total. The van der Waals surface area contributed by atoms with Gasteiger partial charge in [0.15, 0.2) is 5.43 Å². The van der Waals surface area contributed by atoms with Gasteiger partial charge in [-0.1, -0.05) is 24.3 Å². The number of hydrogen-bond donors (Lipinski definition) is 1. The van der Waals surface area contributed by atoms with Crippen molar-refractivity contribution in [2.45, 2.75) is 20.4 Å².